The van der Waals surface area contributed by atoms with Crippen LogP contribution in [0.2, 0.25) is 0 Å². The van der Waals surface area contributed by atoms with Gasteiger partial charge in [-0.3, -0.25) is 0 Å². The maximum absolute atomic E-state index is 14.9. The van der Waals surface area contributed by atoms with Gasteiger partial charge in [0.15, 0.2) is 0 Å². The monoisotopic (exact) mass is 1140 g/mol. The van der Waals surface area contributed by atoms with E-state index in [2.05, 4.69) is 0 Å². The van der Waals surface area contributed by atoms with Gasteiger partial charge in [0.25, 0.3) is 0 Å². The summed E-state index contributed by atoms with van der Waals surface area (Å²) in [6.07, 6.45) is -3.37. The summed E-state index contributed by atoms with van der Waals surface area (Å²) in [5.41, 5.74) is -3.27. The molecule has 0 unspecified atom stereocenters. The molecule has 0 fully saturated rings. The molecule has 7 aromatic rings. The summed E-state index contributed by atoms with van der Waals surface area (Å²) in [5, 5.41) is 24.7. The molecule has 0 saturated carbocycles. The quantitative estimate of drug-likeness (QED) is 0.0101. The number of rotatable bonds is 32. The Morgan fingerprint density at radius 2 is 0.625 bits per heavy atom. The zero-order valence-electron chi connectivity index (χ0n) is 44.2. The van der Waals surface area contributed by atoms with E-state index in [0.29, 0.717) is 108 Å². The number of benzene rings is 7. The number of halogens is 6. The van der Waals surface area contributed by atoms with Crippen molar-refractivity contribution in [2.45, 2.75) is 89.4 Å². The summed E-state index contributed by atoms with van der Waals surface area (Å²) in [4.78, 5) is 21.4. The van der Waals surface area contributed by atoms with Gasteiger partial charge >= 0.3 is 465 Å². The van der Waals surface area contributed by atoms with Crippen LogP contribution in [0.4, 0.5) is 26.3 Å². The minimum absolute atomic E-state index is 0.00208. The normalized spacial score (nSPS) is 13.1. The summed E-state index contributed by atoms with van der Waals surface area (Å²) >= 11 is 0. The molecule has 80 heavy (non-hydrogen) atoms. The Hall–Kier alpha value is -6.52. The minimum atomic E-state index is -5.29. The molecule has 424 valence electrons. The molecule has 0 aliphatic heterocycles. The predicted octanol–water partition coefficient (Wildman–Crippen LogP) is 14.1. The first kappa shape index (κ1) is 61.1. The molecule has 0 heterocycles. The van der Waals surface area contributed by atoms with E-state index in [1.165, 1.54) is 0 Å². The molecule has 11 nitrogen and oxygen atoms in total. The summed E-state index contributed by atoms with van der Waals surface area (Å²) in [6.45, 7) is -0.259. The Morgan fingerprint density at radius 1 is 0.375 bits per heavy atom. The molecule has 0 N–H and O–H groups in total. The predicted molar refractivity (Wildman–Crippen MR) is 306 cm³/mol. The van der Waals surface area contributed by atoms with E-state index < -0.39 is 50.7 Å². The van der Waals surface area contributed by atoms with Crippen LogP contribution in [0.25, 0.3) is 0 Å². The standard InChI is InChI=1S/C60H65BF6N2O9P2/c62-59(63,64)50-47-51(60(65,66)67)49-52(48-50)76-61(77-79(53-31-15-9-16-32-53,54-33-17-10-18-34-54,55-35-19-11-20-36-55)74-45-29-7-3-1-5-27-43-68(70)71)78-80(56-37-21-12-22-38-56,57-39-23-13-24-40-57,58-41-25-14-26-42-58)75-46-30-8-4-2-6-28-44-69(72)73/h9-26,31-42,47-49H,1-8,27-30,43-46H2. The number of hydrogen-bond acceptors (Lipinski definition) is 9. The fraction of sp³-hybridized carbons (Fsp3) is 0.300. The molecule has 7 aromatic carbocycles. The van der Waals surface area contributed by atoms with E-state index in [1.807, 2.05) is 0 Å². The van der Waals surface area contributed by atoms with Crippen LogP contribution in [-0.4, -0.2) is 43.5 Å². The Kier molecular flexibility index (Phi) is 21.2. The number of hydrogen-bond donors (Lipinski definition) is 0. The molecule has 0 bridgehead atoms. The van der Waals surface area contributed by atoms with E-state index >= 15 is 0 Å². The van der Waals surface area contributed by atoms with E-state index in [0.717, 1.165) is 12.8 Å². The van der Waals surface area contributed by atoms with Gasteiger partial charge < -0.3 is 0 Å². The van der Waals surface area contributed by atoms with E-state index in [1.54, 1.807) is 182 Å². The molecule has 0 spiro atoms. The first-order chi connectivity index (χ1) is 38.5. The third-order valence-electron chi connectivity index (χ3n) is 13.9. The average molecular weight is 1140 g/mol. The van der Waals surface area contributed by atoms with Crippen molar-refractivity contribution in [1.29, 1.82) is 0 Å². The van der Waals surface area contributed by atoms with Crippen molar-refractivity contribution in [3.05, 3.63) is 232 Å². The van der Waals surface area contributed by atoms with Gasteiger partial charge in [-0.2, -0.15) is 0 Å². The molecule has 0 aromatic heterocycles. The Bertz CT molecular complexity index is 2630. The fourth-order valence-electron chi connectivity index (χ4n) is 10.0. The molecule has 0 atom stereocenters. The molecular weight excluding hydrogens is 1080 g/mol. The summed E-state index contributed by atoms with van der Waals surface area (Å²) in [6, 6.07) is 54.7. The molecule has 20 heteroatoms. The maximum atomic E-state index is 14.9. The molecule has 0 saturated heterocycles. The van der Waals surface area contributed by atoms with Crippen molar-refractivity contribution in [1.82, 2.24) is 0 Å². The second-order valence-corrected chi connectivity index (χ2v) is 27.2. The molecule has 0 radical (unpaired) electrons. The Morgan fingerprint density at radius 3 is 0.875 bits per heavy atom. The first-order valence-corrected chi connectivity index (χ1v) is 30.9. The molecule has 0 amide bonds. The zero-order chi connectivity index (χ0) is 57.0. The Balaban J connectivity index is 1.53. The molecule has 0 aliphatic carbocycles. The van der Waals surface area contributed by atoms with Gasteiger partial charge in [-0.05, 0) is 0 Å². The van der Waals surface area contributed by atoms with Gasteiger partial charge in [-0.25, -0.2) is 0 Å². The number of nitro groups is 2. The van der Waals surface area contributed by atoms with Crippen LogP contribution in [-0.2, 0) is 30.3 Å². The Labute approximate surface area is 463 Å². The zero-order valence-corrected chi connectivity index (χ0v) is 46.0. The number of unbranched alkanes of at least 4 members (excludes halogenated alkanes) is 10. The van der Waals surface area contributed by atoms with Crippen molar-refractivity contribution in [3.63, 3.8) is 0 Å². The van der Waals surface area contributed by atoms with Crippen LogP contribution >= 0.6 is 14.1 Å². The van der Waals surface area contributed by atoms with Gasteiger partial charge in [-0.15, -0.1) is 0 Å². The van der Waals surface area contributed by atoms with E-state index in [4.69, 9.17) is 22.6 Å². The summed E-state index contributed by atoms with van der Waals surface area (Å²) in [5.74, 6) is -0.886. The molecule has 7 rings (SSSR count). The number of alkyl halides is 6. The van der Waals surface area contributed by atoms with Crippen LogP contribution < -0.4 is 36.5 Å². The van der Waals surface area contributed by atoms with Gasteiger partial charge in [0, 0.05) is 0 Å². The van der Waals surface area contributed by atoms with Crippen molar-refractivity contribution < 1.29 is 58.8 Å². The second-order valence-electron chi connectivity index (χ2n) is 19.3. The summed E-state index contributed by atoms with van der Waals surface area (Å²) < 4.78 is 127. The van der Waals surface area contributed by atoms with Crippen LogP contribution in [0, 0.1) is 20.2 Å². The van der Waals surface area contributed by atoms with Crippen molar-refractivity contribution in [2.24, 2.45) is 0 Å². The van der Waals surface area contributed by atoms with Gasteiger partial charge in [0.2, 0.25) is 0 Å². The van der Waals surface area contributed by atoms with Crippen LogP contribution in [0.3, 0.4) is 0 Å². The molecular formula is C60H65BF6N2O9P2. The first-order valence-electron chi connectivity index (χ1n) is 26.8. The second kappa shape index (κ2) is 27.8. The van der Waals surface area contributed by atoms with Crippen LogP contribution in [0.5, 0.6) is 5.75 Å². The average Bonchev–Trinajstić information content (AvgIpc) is 2.91. The van der Waals surface area contributed by atoms with Gasteiger partial charge in [0.05, 0.1) is 0 Å². The van der Waals surface area contributed by atoms with E-state index in [-0.39, 0.29) is 42.2 Å². The van der Waals surface area contributed by atoms with Crippen molar-refractivity contribution >= 4 is 53.3 Å². The number of nitrogens with zero attached hydrogens (tertiary/aromatic N) is 2. The van der Waals surface area contributed by atoms with Gasteiger partial charge in [0.1, 0.15) is 0 Å². The van der Waals surface area contributed by atoms with Gasteiger partial charge in [-0.1, -0.05) is 0 Å². The summed E-state index contributed by atoms with van der Waals surface area (Å²) in [7, 11) is -12.9. The SMILES string of the molecule is O=[N+]([O-])CCCCCCCCOP(OB(Oc1cc(C(F)(F)F)cc(C(F)(F)F)c1)OP(OCCCCCCCC[N+](=O)[O-])(c1ccccc1)(c1ccccc1)c1ccccc1)(c1ccccc1)(c1ccccc1)c1ccccc1. The van der Waals surface area contributed by atoms with E-state index in [9.17, 15) is 46.6 Å². The topological polar surface area (TPSA) is 132 Å². The van der Waals surface area contributed by atoms with Crippen molar-refractivity contribution in [3.8, 4) is 5.75 Å². The molecule has 0 aliphatic rings. The van der Waals surface area contributed by atoms with Crippen LogP contribution in [0.1, 0.15) is 88.2 Å². The third-order valence-corrected chi connectivity index (χ3v) is 23.8. The third kappa shape index (κ3) is 14.3. The van der Waals surface area contributed by atoms with Crippen molar-refractivity contribution in [2.75, 3.05) is 26.3 Å². The van der Waals surface area contributed by atoms with Crippen LogP contribution in [0.15, 0.2) is 200 Å². The fourth-order valence-corrected chi connectivity index (χ4v) is 19.7.